The quantitative estimate of drug-likeness (QED) is 0.751. The van der Waals surface area contributed by atoms with E-state index in [0.29, 0.717) is 11.1 Å². The second-order valence-corrected chi connectivity index (χ2v) is 3.42. The number of nitriles is 2. The number of rotatable bonds is 1. The van der Waals surface area contributed by atoms with Crippen LogP contribution in [-0.2, 0) is 0 Å². The molecule has 18 heavy (non-hydrogen) atoms. The fraction of sp³-hybridized carbons (Fsp3) is 0. The van der Waals surface area contributed by atoms with Crippen LogP contribution in [0.15, 0.2) is 61.2 Å². The second kappa shape index (κ2) is 7.44. The molecule has 0 atom stereocenters. The first-order valence-corrected chi connectivity index (χ1v) is 5.38. The molecule has 2 aromatic rings. The lowest BCUT2D eigenvalue weighted by Crippen LogP contribution is -1.74. The Hall–Kier alpha value is -2.84. The molecule has 0 amide bonds. The zero-order valence-electron chi connectivity index (χ0n) is 9.88. The maximum atomic E-state index is 8.37. The number of nitrogens with zero attached hydrogens (tertiary/aromatic N) is 2. The van der Waals surface area contributed by atoms with Crippen molar-refractivity contribution in [2.45, 2.75) is 0 Å². The molecule has 0 saturated heterocycles. The van der Waals surface area contributed by atoms with Gasteiger partial charge in [0.15, 0.2) is 0 Å². The fourth-order valence-corrected chi connectivity index (χ4v) is 1.21. The van der Waals surface area contributed by atoms with E-state index >= 15 is 0 Å². The summed E-state index contributed by atoms with van der Waals surface area (Å²) in [6.45, 7) is 3.63. The molecule has 0 spiro atoms. The molecule has 0 fully saturated rings. The maximum Gasteiger partial charge on any atom is 0.0991 e. The van der Waals surface area contributed by atoms with Crippen LogP contribution in [0.3, 0.4) is 0 Å². The van der Waals surface area contributed by atoms with Crippen molar-refractivity contribution in [3.8, 4) is 12.1 Å². The van der Waals surface area contributed by atoms with Gasteiger partial charge in [-0.15, -0.1) is 0 Å². The SMILES string of the molecule is C=Cc1ccccc1.N#Cc1ccc(C#N)cc1. The molecule has 0 bridgehead atoms. The van der Waals surface area contributed by atoms with Gasteiger partial charge in [0.1, 0.15) is 0 Å². The lowest BCUT2D eigenvalue weighted by Gasteiger charge is -1.85. The van der Waals surface area contributed by atoms with Crippen LogP contribution in [0.25, 0.3) is 6.08 Å². The smallest absolute Gasteiger partial charge is 0.0991 e. The van der Waals surface area contributed by atoms with Crippen molar-refractivity contribution in [1.29, 1.82) is 10.5 Å². The summed E-state index contributed by atoms with van der Waals surface area (Å²) in [6.07, 6.45) is 1.83. The fourth-order valence-electron chi connectivity index (χ4n) is 1.21. The molecule has 0 radical (unpaired) electrons. The highest BCUT2D eigenvalue weighted by Gasteiger charge is 1.88. The molecule has 0 saturated carbocycles. The summed E-state index contributed by atoms with van der Waals surface area (Å²) < 4.78 is 0. The van der Waals surface area contributed by atoms with Gasteiger partial charge in [-0.2, -0.15) is 10.5 Å². The zero-order valence-corrected chi connectivity index (χ0v) is 9.88. The molecule has 0 aliphatic rings. The Balaban J connectivity index is 0.000000184. The van der Waals surface area contributed by atoms with E-state index in [1.165, 1.54) is 5.56 Å². The molecular formula is C16H12N2. The highest BCUT2D eigenvalue weighted by atomic mass is 14.2. The number of hydrogen-bond acceptors (Lipinski definition) is 2. The van der Waals surface area contributed by atoms with E-state index in [0.717, 1.165) is 0 Å². The van der Waals surface area contributed by atoms with Crippen LogP contribution < -0.4 is 0 Å². The summed E-state index contributed by atoms with van der Waals surface area (Å²) in [5, 5.41) is 16.7. The lowest BCUT2D eigenvalue weighted by atomic mass is 10.2. The van der Waals surface area contributed by atoms with Crippen LogP contribution in [0, 0.1) is 22.7 Å². The van der Waals surface area contributed by atoms with Crippen molar-refractivity contribution >= 4 is 6.08 Å². The standard InChI is InChI=1S/C8H4N2.C8H8/c9-5-7-1-2-8(6-10)4-3-7;1-2-8-6-4-3-5-7-8/h1-4H;2-7H,1H2. The molecule has 2 nitrogen and oxygen atoms in total. The van der Waals surface area contributed by atoms with Gasteiger partial charge < -0.3 is 0 Å². The van der Waals surface area contributed by atoms with Gasteiger partial charge in [0, 0.05) is 0 Å². The van der Waals surface area contributed by atoms with Crippen LogP contribution in [0.4, 0.5) is 0 Å². The van der Waals surface area contributed by atoms with E-state index in [4.69, 9.17) is 10.5 Å². The highest BCUT2D eigenvalue weighted by molar-refractivity contribution is 5.45. The van der Waals surface area contributed by atoms with Crippen LogP contribution in [-0.4, -0.2) is 0 Å². The van der Waals surface area contributed by atoms with Crippen LogP contribution in [0.2, 0.25) is 0 Å². The third kappa shape index (κ3) is 4.35. The predicted molar refractivity (Wildman–Crippen MR) is 72.4 cm³/mol. The summed E-state index contributed by atoms with van der Waals surface area (Å²) in [7, 11) is 0. The Morgan fingerprint density at radius 2 is 1.22 bits per heavy atom. The molecule has 2 aromatic carbocycles. The Kier molecular flexibility index (Phi) is 5.46. The molecule has 0 aromatic heterocycles. The first kappa shape index (κ1) is 13.2. The third-order valence-electron chi connectivity index (χ3n) is 2.18. The van der Waals surface area contributed by atoms with Gasteiger partial charge >= 0.3 is 0 Å². The normalized spacial score (nSPS) is 8.11. The lowest BCUT2D eigenvalue weighted by molar-refractivity contribution is 1.45. The van der Waals surface area contributed by atoms with E-state index in [2.05, 4.69) is 6.58 Å². The molecular weight excluding hydrogens is 220 g/mol. The van der Waals surface area contributed by atoms with Crippen LogP contribution in [0.5, 0.6) is 0 Å². The third-order valence-corrected chi connectivity index (χ3v) is 2.18. The summed E-state index contributed by atoms with van der Waals surface area (Å²) in [5.74, 6) is 0. The average molecular weight is 232 g/mol. The van der Waals surface area contributed by atoms with Crippen molar-refractivity contribution in [1.82, 2.24) is 0 Å². The van der Waals surface area contributed by atoms with Crippen LogP contribution in [0.1, 0.15) is 16.7 Å². The van der Waals surface area contributed by atoms with Gasteiger partial charge in [-0.1, -0.05) is 43.0 Å². The number of benzene rings is 2. The minimum atomic E-state index is 0.582. The minimum absolute atomic E-state index is 0.582. The van der Waals surface area contributed by atoms with E-state index in [9.17, 15) is 0 Å². The van der Waals surface area contributed by atoms with Gasteiger partial charge in [0.05, 0.1) is 23.3 Å². The topological polar surface area (TPSA) is 47.6 Å². The zero-order chi connectivity index (χ0) is 13.2. The van der Waals surface area contributed by atoms with E-state index < -0.39 is 0 Å². The van der Waals surface area contributed by atoms with E-state index in [1.807, 2.05) is 48.5 Å². The van der Waals surface area contributed by atoms with Crippen molar-refractivity contribution in [2.24, 2.45) is 0 Å². The molecule has 2 rings (SSSR count). The Morgan fingerprint density at radius 3 is 1.50 bits per heavy atom. The summed E-state index contributed by atoms with van der Waals surface area (Å²) >= 11 is 0. The summed E-state index contributed by atoms with van der Waals surface area (Å²) in [6, 6.07) is 20.5. The molecule has 0 heterocycles. The minimum Gasteiger partial charge on any atom is -0.192 e. The molecule has 0 aliphatic carbocycles. The van der Waals surface area contributed by atoms with Gasteiger partial charge in [0.25, 0.3) is 0 Å². The first-order valence-electron chi connectivity index (χ1n) is 5.38. The average Bonchev–Trinajstić information content (AvgIpc) is 2.49. The van der Waals surface area contributed by atoms with Gasteiger partial charge in [-0.25, -0.2) is 0 Å². The largest absolute Gasteiger partial charge is 0.192 e. The summed E-state index contributed by atoms with van der Waals surface area (Å²) in [4.78, 5) is 0. The Morgan fingerprint density at radius 1 is 0.778 bits per heavy atom. The van der Waals surface area contributed by atoms with Crippen molar-refractivity contribution in [2.75, 3.05) is 0 Å². The molecule has 2 heteroatoms. The predicted octanol–water partition coefficient (Wildman–Crippen LogP) is 3.76. The monoisotopic (exact) mass is 232 g/mol. The Labute approximate surface area is 107 Å². The molecule has 0 aliphatic heterocycles. The van der Waals surface area contributed by atoms with Crippen molar-refractivity contribution in [3.05, 3.63) is 77.9 Å². The van der Waals surface area contributed by atoms with Gasteiger partial charge in [-0.05, 0) is 29.8 Å². The maximum absolute atomic E-state index is 8.37. The van der Waals surface area contributed by atoms with Gasteiger partial charge in [0.2, 0.25) is 0 Å². The highest BCUT2D eigenvalue weighted by Crippen LogP contribution is 2.00. The Bertz CT molecular complexity index is 536. The van der Waals surface area contributed by atoms with E-state index in [1.54, 1.807) is 24.3 Å². The van der Waals surface area contributed by atoms with E-state index in [-0.39, 0.29) is 0 Å². The molecule has 0 N–H and O–H groups in total. The van der Waals surface area contributed by atoms with Gasteiger partial charge in [-0.3, -0.25) is 0 Å². The second-order valence-electron chi connectivity index (χ2n) is 3.42. The van der Waals surface area contributed by atoms with Crippen molar-refractivity contribution < 1.29 is 0 Å². The first-order chi connectivity index (χ1) is 8.80. The molecule has 86 valence electrons. The number of hydrogen-bond donors (Lipinski definition) is 0. The van der Waals surface area contributed by atoms with Crippen LogP contribution >= 0.6 is 0 Å². The summed E-state index contributed by atoms with van der Waals surface area (Å²) in [5.41, 5.74) is 2.34. The van der Waals surface area contributed by atoms with Crippen molar-refractivity contribution in [3.63, 3.8) is 0 Å². The molecule has 0 unspecified atom stereocenters.